The highest BCUT2D eigenvalue weighted by atomic mass is 35.5. The molecule has 0 aliphatic rings. The first-order valence-corrected chi connectivity index (χ1v) is 6.03. The second-order valence-corrected chi connectivity index (χ2v) is 4.22. The zero-order chi connectivity index (χ0) is 13.8. The molecule has 0 aliphatic heterocycles. The van der Waals surface area contributed by atoms with Crippen LogP contribution in [0.4, 0.5) is 0 Å². The lowest BCUT2D eigenvalue weighted by molar-refractivity contribution is -0.119. The van der Waals surface area contributed by atoms with E-state index in [0.29, 0.717) is 21.5 Å². The summed E-state index contributed by atoms with van der Waals surface area (Å²) < 4.78 is 0. The second-order valence-electron chi connectivity index (χ2n) is 3.86. The lowest BCUT2D eigenvalue weighted by Gasteiger charge is -2.08. The molecule has 0 saturated carbocycles. The molecule has 2 amide bonds. The van der Waals surface area contributed by atoms with Crippen LogP contribution in [0, 0.1) is 0 Å². The van der Waals surface area contributed by atoms with Crippen LogP contribution < -0.4 is 10.6 Å². The van der Waals surface area contributed by atoms with Crippen molar-refractivity contribution in [1.29, 1.82) is 0 Å². The molecule has 0 unspecified atom stereocenters. The van der Waals surface area contributed by atoms with Crippen molar-refractivity contribution < 1.29 is 9.59 Å². The van der Waals surface area contributed by atoms with E-state index in [1.807, 2.05) is 12.1 Å². The smallest absolute Gasteiger partial charge is 0.253 e. The van der Waals surface area contributed by atoms with Crippen molar-refractivity contribution >= 4 is 34.2 Å². The Balaban J connectivity index is 2.32. The van der Waals surface area contributed by atoms with Gasteiger partial charge in [-0.25, -0.2) is 4.98 Å². The van der Waals surface area contributed by atoms with Crippen LogP contribution >= 0.6 is 11.6 Å². The number of fused-ring (bicyclic) bond motifs is 1. The second kappa shape index (κ2) is 5.67. The number of nitrogens with zero attached hydrogens (tertiary/aromatic N) is 1. The Hall–Kier alpha value is -2.14. The van der Waals surface area contributed by atoms with Crippen molar-refractivity contribution in [3.05, 3.63) is 41.2 Å². The topological polar surface area (TPSA) is 71.1 Å². The number of likely N-dealkylation sites (N-methyl/N-ethyl adjacent to an activating group) is 1. The molecule has 19 heavy (non-hydrogen) atoms. The zero-order valence-electron chi connectivity index (χ0n) is 10.2. The van der Waals surface area contributed by atoms with Crippen molar-refractivity contribution in [2.45, 2.75) is 0 Å². The Labute approximate surface area is 115 Å². The van der Waals surface area contributed by atoms with Gasteiger partial charge < -0.3 is 10.6 Å². The van der Waals surface area contributed by atoms with Gasteiger partial charge in [0.2, 0.25) is 5.91 Å². The normalized spacial score (nSPS) is 10.2. The van der Waals surface area contributed by atoms with Gasteiger partial charge in [-0.05, 0) is 5.39 Å². The van der Waals surface area contributed by atoms with Gasteiger partial charge >= 0.3 is 0 Å². The average Bonchev–Trinajstić information content (AvgIpc) is 2.45. The van der Waals surface area contributed by atoms with Gasteiger partial charge in [-0.2, -0.15) is 0 Å². The summed E-state index contributed by atoms with van der Waals surface area (Å²) in [5.41, 5.74) is 0.393. The number of hydrogen-bond acceptors (Lipinski definition) is 3. The number of halogens is 1. The van der Waals surface area contributed by atoms with Crippen LogP contribution in [0.2, 0.25) is 5.15 Å². The van der Waals surface area contributed by atoms with E-state index >= 15 is 0 Å². The summed E-state index contributed by atoms with van der Waals surface area (Å²) in [4.78, 5) is 27.1. The van der Waals surface area contributed by atoms with E-state index in [0.717, 1.165) is 0 Å². The maximum atomic E-state index is 12.0. The molecule has 2 aromatic rings. The van der Waals surface area contributed by atoms with E-state index < -0.39 is 0 Å². The number of benzene rings is 1. The molecule has 0 aliphatic carbocycles. The first-order chi connectivity index (χ1) is 9.13. The van der Waals surface area contributed by atoms with Crippen LogP contribution in [0.3, 0.4) is 0 Å². The standard InChI is InChI=1S/C13H12ClN3O2/c1-15-11(18)7-17-13(19)10-6-16-12(14)9-5-3-2-4-8(9)10/h2-6H,7H2,1H3,(H,15,18)(H,17,19). The summed E-state index contributed by atoms with van der Waals surface area (Å²) in [6.45, 7) is -0.0771. The van der Waals surface area contributed by atoms with Crippen molar-refractivity contribution in [1.82, 2.24) is 15.6 Å². The monoisotopic (exact) mass is 277 g/mol. The third-order valence-electron chi connectivity index (χ3n) is 2.68. The molecule has 6 heteroatoms. The minimum atomic E-state index is -0.357. The molecule has 0 spiro atoms. The molecular weight excluding hydrogens is 266 g/mol. The fourth-order valence-electron chi connectivity index (χ4n) is 1.68. The highest BCUT2D eigenvalue weighted by molar-refractivity contribution is 6.34. The van der Waals surface area contributed by atoms with E-state index in [1.165, 1.54) is 13.2 Å². The largest absolute Gasteiger partial charge is 0.358 e. The highest BCUT2D eigenvalue weighted by Gasteiger charge is 2.13. The molecule has 2 N–H and O–H groups in total. The molecule has 0 bridgehead atoms. The van der Waals surface area contributed by atoms with Gasteiger partial charge in [0.05, 0.1) is 12.1 Å². The number of nitrogens with one attached hydrogen (secondary N) is 2. The molecule has 1 aromatic heterocycles. The number of carbonyl (C=O) groups excluding carboxylic acids is 2. The SMILES string of the molecule is CNC(=O)CNC(=O)c1cnc(Cl)c2ccccc12. The summed E-state index contributed by atoms with van der Waals surface area (Å²) in [6.07, 6.45) is 1.41. The molecular formula is C13H12ClN3O2. The number of pyridine rings is 1. The molecule has 1 heterocycles. The number of rotatable bonds is 3. The fourth-order valence-corrected chi connectivity index (χ4v) is 1.90. The van der Waals surface area contributed by atoms with E-state index in [9.17, 15) is 9.59 Å². The van der Waals surface area contributed by atoms with Crippen LogP contribution in [-0.2, 0) is 4.79 Å². The molecule has 1 aromatic carbocycles. The van der Waals surface area contributed by atoms with Gasteiger partial charge in [-0.1, -0.05) is 35.9 Å². The van der Waals surface area contributed by atoms with Gasteiger partial charge in [0.15, 0.2) is 0 Å². The Kier molecular flexibility index (Phi) is 3.97. The zero-order valence-corrected chi connectivity index (χ0v) is 11.0. The number of aromatic nitrogens is 1. The maximum Gasteiger partial charge on any atom is 0.253 e. The van der Waals surface area contributed by atoms with Crippen molar-refractivity contribution in [3.63, 3.8) is 0 Å². The summed E-state index contributed by atoms with van der Waals surface area (Å²) in [5.74, 6) is -0.622. The van der Waals surface area contributed by atoms with E-state index in [1.54, 1.807) is 12.1 Å². The van der Waals surface area contributed by atoms with Crippen LogP contribution in [0.1, 0.15) is 10.4 Å². The minimum Gasteiger partial charge on any atom is -0.358 e. The predicted octanol–water partition coefficient (Wildman–Crippen LogP) is 1.36. The average molecular weight is 278 g/mol. The lowest BCUT2D eigenvalue weighted by atomic mass is 10.1. The number of hydrogen-bond donors (Lipinski definition) is 2. The number of carbonyl (C=O) groups is 2. The molecule has 0 atom stereocenters. The number of amides is 2. The van der Waals surface area contributed by atoms with Crippen LogP contribution in [0.5, 0.6) is 0 Å². The summed E-state index contributed by atoms with van der Waals surface area (Å²) in [7, 11) is 1.51. The van der Waals surface area contributed by atoms with Gasteiger partial charge in [-0.3, -0.25) is 9.59 Å². The van der Waals surface area contributed by atoms with E-state index in [4.69, 9.17) is 11.6 Å². The highest BCUT2D eigenvalue weighted by Crippen LogP contribution is 2.23. The molecule has 0 fully saturated rings. The third kappa shape index (κ3) is 2.82. The quantitative estimate of drug-likeness (QED) is 0.832. The Bertz CT molecular complexity index is 643. The van der Waals surface area contributed by atoms with Gasteiger partial charge in [0.25, 0.3) is 5.91 Å². The summed E-state index contributed by atoms with van der Waals surface area (Å²) >= 11 is 5.98. The third-order valence-corrected chi connectivity index (χ3v) is 2.98. The first-order valence-electron chi connectivity index (χ1n) is 5.65. The van der Waals surface area contributed by atoms with Crippen LogP contribution in [0.15, 0.2) is 30.5 Å². The van der Waals surface area contributed by atoms with Gasteiger partial charge in [0, 0.05) is 18.6 Å². The fraction of sp³-hybridized carbons (Fsp3) is 0.154. The Morgan fingerprint density at radius 3 is 2.63 bits per heavy atom. The minimum absolute atomic E-state index is 0.0771. The van der Waals surface area contributed by atoms with Gasteiger partial charge in [0.1, 0.15) is 5.15 Å². The van der Waals surface area contributed by atoms with Gasteiger partial charge in [-0.15, -0.1) is 0 Å². The lowest BCUT2D eigenvalue weighted by Crippen LogP contribution is -2.35. The Morgan fingerprint density at radius 1 is 1.26 bits per heavy atom. The Morgan fingerprint density at radius 2 is 1.95 bits per heavy atom. The summed E-state index contributed by atoms with van der Waals surface area (Å²) in [6, 6.07) is 7.22. The molecule has 2 rings (SSSR count). The molecule has 0 radical (unpaired) electrons. The molecule has 5 nitrogen and oxygen atoms in total. The summed E-state index contributed by atoms with van der Waals surface area (Å²) in [5, 5.41) is 6.71. The first kappa shape index (κ1) is 13.3. The van der Waals surface area contributed by atoms with E-state index in [2.05, 4.69) is 15.6 Å². The molecule has 0 saturated heterocycles. The van der Waals surface area contributed by atoms with Crippen molar-refractivity contribution in [2.24, 2.45) is 0 Å². The molecule has 98 valence electrons. The van der Waals surface area contributed by atoms with Crippen molar-refractivity contribution in [3.8, 4) is 0 Å². The predicted molar refractivity (Wildman–Crippen MR) is 73.2 cm³/mol. The van der Waals surface area contributed by atoms with Crippen LogP contribution in [-0.4, -0.2) is 30.4 Å². The van der Waals surface area contributed by atoms with Crippen LogP contribution in [0.25, 0.3) is 10.8 Å². The maximum absolute atomic E-state index is 12.0. The van der Waals surface area contributed by atoms with E-state index in [-0.39, 0.29) is 18.4 Å². The van der Waals surface area contributed by atoms with Crippen molar-refractivity contribution in [2.75, 3.05) is 13.6 Å².